The number of nitrogens with zero attached hydrogens (tertiary/aromatic N) is 2. The molecular formula is C24H21Cl2N3O6. The van der Waals surface area contributed by atoms with Gasteiger partial charge in [-0.25, -0.2) is 5.43 Å². The van der Waals surface area contributed by atoms with Gasteiger partial charge in [0, 0.05) is 5.02 Å². The van der Waals surface area contributed by atoms with Crippen LogP contribution in [0.2, 0.25) is 10.0 Å². The standard InChI is InChI=1S/C24H21Cl2N3O6/c1-15(35-21-9-8-18(25)11-19(21)26)24(30)28-27-13-17-10-22(33-2)23(12-20(17)29(31)32)34-14-16-6-4-3-5-7-16/h3-13,15H,14H2,1-2H3,(H,28,30)/b27-13-/t15-/m0/s1. The minimum Gasteiger partial charge on any atom is -0.493 e. The Morgan fingerprint density at radius 2 is 1.86 bits per heavy atom. The fraction of sp³-hybridized carbons (Fsp3) is 0.167. The van der Waals surface area contributed by atoms with Gasteiger partial charge >= 0.3 is 0 Å². The first-order valence-corrected chi connectivity index (χ1v) is 11.0. The first kappa shape index (κ1) is 25.8. The Morgan fingerprint density at radius 1 is 1.11 bits per heavy atom. The first-order chi connectivity index (χ1) is 16.8. The molecule has 1 N–H and O–H groups in total. The number of rotatable bonds is 10. The summed E-state index contributed by atoms with van der Waals surface area (Å²) >= 11 is 11.9. The molecule has 3 aromatic rings. The third kappa shape index (κ3) is 7.08. The maximum absolute atomic E-state index is 12.3. The van der Waals surface area contributed by atoms with Gasteiger partial charge in [0.25, 0.3) is 11.6 Å². The summed E-state index contributed by atoms with van der Waals surface area (Å²) in [6, 6.07) is 16.6. The van der Waals surface area contributed by atoms with Gasteiger partial charge in [0.15, 0.2) is 17.6 Å². The van der Waals surface area contributed by atoms with Gasteiger partial charge in [0.05, 0.1) is 34.9 Å². The number of nitro groups is 1. The number of carbonyl (C=O) groups excluding carboxylic acids is 1. The smallest absolute Gasteiger partial charge is 0.282 e. The summed E-state index contributed by atoms with van der Waals surface area (Å²) in [6.07, 6.45) is 0.186. The van der Waals surface area contributed by atoms with Crippen LogP contribution in [0.25, 0.3) is 0 Å². The van der Waals surface area contributed by atoms with Crippen LogP contribution in [0.3, 0.4) is 0 Å². The zero-order chi connectivity index (χ0) is 25.4. The topological polar surface area (TPSA) is 112 Å². The van der Waals surface area contributed by atoms with Crippen LogP contribution in [0, 0.1) is 10.1 Å². The molecule has 1 amide bonds. The molecule has 3 rings (SSSR count). The summed E-state index contributed by atoms with van der Waals surface area (Å²) < 4.78 is 16.6. The van der Waals surface area contributed by atoms with Gasteiger partial charge in [-0.3, -0.25) is 14.9 Å². The lowest BCUT2D eigenvalue weighted by atomic mass is 10.1. The molecule has 3 aromatic carbocycles. The van der Waals surface area contributed by atoms with E-state index in [9.17, 15) is 14.9 Å². The zero-order valence-corrected chi connectivity index (χ0v) is 20.2. The summed E-state index contributed by atoms with van der Waals surface area (Å²) in [5.41, 5.74) is 3.01. The molecule has 9 nitrogen and oxygen atoms in total. The third-order valence-corrected chi connectivity index (χ3v) is 5.22. The second-order valence-electron chi connectivity index (χ2n) is 7.16. The van der Waals surface area contributed by atoms with Crippen LogP contribution in [0.1, 0.15) is 18.1 Å². The number of benzene rings is 3. The molecule has 0 aliphatic rings. The summed E-state index contributed by atoms with van der Waals surface area (Å²) in [7, 11) is 1.42. The molecule has 0 saturated heterocycles. The van der Waals surface area contributed by atoms with Crippen molar-refractivity contribution in [1.29, 1.82) is 0 Å². The number of hydrazone groups is 1. The van der Waals surface area contributed by atoms with E-state index in [1.165, 1.54) is 38.3 Å². The lowest BCUT2D eigenvalue weighted by Gasteiger charge is -2.14. The van der Waals surface area contributed by atoms with Crippen LogP contribution in [0.4, 0.5) is 5.69 Å². The fourth-order valence-corrected chi connectivity index (χ4v) is 3.36. The van der Waals surface area contributed by atoms with Crippen LogP contribution >= 0.6 is 23.2 Å². The van der Waals surface area contributed by atoms with Gasteiger partial charge in [-0.2, -0.15) is 5.10 Å². The van der Waals surface area contributed by atoms with E-state index in [2.05, 4.69) is 10.5 Å². The number of nitro benzene ring substituents is 1. The van der Waals surface area contributed by atoms with Crippen molar-refractivity contribution in [3.05, 3.63) is 92.0 Å². The molecule has 182 valence electrons. The Morgan fingerprint density at radius 3 is 2.51 bits per heavy atom. The normalized spacial score (nSPS) is 11.7. The van der Waals surface area contributed by atoms with Crippen LogP contribution in [0.15, 0.2) is 65.8 Å². The number of methoxy groups -OCH3 is 1. The van der Waals surface area contributed by atoms with Gasteiger partial charge < -0.3 is 14.2 Å². The Labute approximate surface area is 211 Å². The molecular weight excluding hydrogens is 497 g/mol. The number of amides is 1. The number of halogens is 2. The molecule has 0 aliphatic heterocycles. The second-order valence-corrected chi connectivity index (χ2v) is 8.01. The highest BCUT2D eigenvalue weighted by Crippen LogP contribution is 2.34. The number of carbonyl (C=O) groups is 1. The lowest BCUT2D eigenvalue weighted by molar-refractivity contribution is -0.385. The summed E-state index contributed by atoms with van der Waals surface area (Å²) in [5.74, 6) is 0.151. The van der Waals surface area contributed by atoms with Crippen LogP contribution in [-0.2, 0) is 11.4 Å². The molecule has 1 atom stereocenters. The maximum Gasteiger partial charge on any atom is 0.282 e. The fourth-order valence-electron chi connectivity index (χ4n) is 2.91. The summed E-state index contributed by atoms with van der Waals surface area (Å²) in [5, 5.41) is 16.1. The molecule has 0 aliphatic carbocycles. The van der Waals surface area contributed by atoms with Gasteiger partial charge in [-0.1, -0.05) is 53.5 Å². The molecule has 0 saturated carbocycles. The van der Waals surface area contributed by atoms with E-state index < -0.39 is 16.9 Å². The van der Waals surface area contributed by atoms with Crippen molar-refractivity contribution in [2.45, 2.75) is 19.6 Å². The highest BCUT2D eigenvalue weighted by Gasteiger charge is 2.20. The van der Waals surface area contributed by atoms with Gasteiger partial charge in [0.2, 0.25) is 0 Å². The van der Waals surface area contributed by atoms with E-state index in [0.717, 1.165) is 11.8 Å². The number of nitrogens with one attached hydrogen (secondary N) is 1. The predicted octanol–water partition coefficient (Wildman–Crippen LogP) is 5.41. The van der Waals surface area contributed by atoms with Crippen LogP contribution < -0.4 is 19.6 Å². The van der Waals surface area contributed by atoms with Crippen molar-refractivity contribution in [2.24, 2.45) is 5.10 Å². The number of hydrogen-bond acceptors (Lipinski definition) is 7. The molecule has 0 heterocycles. The minimum absolute atomic E-state index is 0.105. The summed E-state index contributed by atoms with van der Waals surface area (Å²) in [6.45, 7) is 1.70. The van der Waals surface area contributed by atoms with Gasteiger partial charge in [-0.05, 0) is 36.8 Å². The van der Waals surface area contributed by atoms with Gasteiger partial charge in [0.1, 0.15) is 12.4 Å². The SMILES string of the molecule is COc1cc(/C=N\NC(=O)[C@H](C)Oc2ccc(Cl)cc2Cl)c([N+](=O)[O-])cc1OCc1ccccc1. The molecule has 0 bridgehead atoms. The number of ether oxygens (including phenoxy) is 3. The van der Waals surface area contributed by atoms with Crippen LogP contribution in [0.5, 0.6) is 17.2 Å². The van der Waals surface area contributed by atoms with E-state index in [1.807, 2.05) is 30.3 Å². The van der Waals surface area contributed by atoms with E-state index in [-0.39, 0.29) is 40.1 Å². The molecule has 0 spiro atoms. The molecule has 0 aromatic heterocycles. The van der Waals surface area contributed by atoms with E-state index in [0.29, 0.717) is 5.02 Å². The second kappa shape index (κ2) is 12.0. The Kier molecular flexibility index (Phi) is 8.88. The van der Waals surface area contributed by atoms with E-state index in [4.69, 9.17) is 37.4 Å². The monoisotopic (exact) mass is 517 g/mol. The minimum atomic E-state index is -0.955. The van der Waals surface area contributed by atoms with E-state index >= 15 is 0 Å². The van der Waals surface area contributed by atoms with Crippen molar-refractivity contribution in [1.82, 2.24) is 5.43 Å². The van der Waals surface area contributed by atoms with Crippen molar-refractivity contribution < 1.29 is 23.9 Å². The number of hydrogen-bond donors (Lipinski definition) is 1. The van der Waals surface area contributed by atoms with Crippen molar-refractivity contribution in [2.75, 3.05) is 7.11 Å². The Hall–Kier alpha value is -3.82. The Bertz CT molecular complexity index is 1240. The Balaban J connectivity index is 1.71. The molecule has 0 fully saturated rings. The third-order valence-electron chi connectivity index (χ3n) is 4.69. The zero-order valence-electron chi connectivity index (χ0n) is 18.7. The average molecular weight is 518 g/mol. The quantitative estimate of drug-likeness (QED) is 0.218. The average Bonchev–Trinajstić information content (AvgIpc) is 2.84. The highest BCUT2D eigenvalue weighted by molar-refractivity contribution is 6.35. The largest absolute Gasteiger partial charge is 0.493 e. The molecule has 35 heavy (non-hydrogen) atoms. The van der Waals surface area contributed by atoms with Crippen molar-refractivity contribution in [3.63, 3.8) is 0 Å². The summed E-state index contributed by atoms with van der Waals surface area (Å²) in [4.78, 5) is 23.4. The molecule has 11 heteroatoms. The molecule has 0 radical (unpaired) electrons. The predicted molar refractivity (Wildman–Crippen MR) is 133 cm³/mol. The van der Waals surface area contributed by atoms with Crippen molar-refractivity contribution in [3.8, 4) is 17.2 Å². The van der Waals surface area contributed by atoms with Crippen molar-refractivity contribution >= 4 is 41.0 Å². The first-order valence-electron chi connectivity index (χ1n) is 10.3. The van der Waals surface area contributed by atoms with Gasteiger partial charge in [-0.15, -0.1) is 0 Å². The maximum atomic E-state index is 12.3. The van der Waals surface area contributed by atoms with E-state index in [1.54, 1.807) is 6.07 Å². The lowest BCUT2D eigenvalue weighted by Crippen LogP contribution is -2.33. The highest BCUT2D eigenvalue weighted by atomic mass is 35.5. The molecule has 0 unspecified atom stereocenters. The van der Waals surface area contributed by atoms with Crippen LogP contribution in [-0.4, -0.2) is 30.3 Å².